The van der Waals surface area contributed by atoms with Crippen LogP contribution in [0.3, 0.4) is 0 Å². The van der Waals surface area contributed by atoms with Crippen molar-refractivity contribution in [2.24, 2.45) is 0 Å². The van der Waals surface area contributed by atoms with Gasteiger partial charge in [-0.25, -0.2) is 8.42 Å². The van der Waals surface area contributed by atoms with Crippen molar-refractivity contribution in [1.82, 2.24) is 0 Å². The second-order valence-corrected chi connectivity index (χ2v) is 8.85. The minimum Gasteiger partial charge on any atom is -0.307 e. The van der Waals surface area contributed by atoms with Crippen LogP contribution >= 0.6 is 0 Å². The van der Waals surface area contributed by atoms with Crippen LogP contribution in [0.15, 0.2) is 42.5 Å². The molecule has 3 rings (SSSR count). The fraction of sp³-hybridized carbons (Fsp3) is 0.316. The molecule has 2 aromatic rings. The van der Waals surface area contributed by atoms with E-state index in [1.165, 1.54) is 18.2 Å². The zero-order valence-corrected chi connectivity index (χ0v) is 16.6. The first kappa shape index (κ1) is 19.8. The molecule has 0 fully saturated rings. The molecule has 0 bridgehead atoms. The predicted octanol–water partition coefficient (Wildman–Crippen LogP) is 2.65. The summed E-state index contributed by atoms with van der Waals surface area (Å²) in [6.07, 6.45) is 1.68. The highest BCUT2D eigenvalue weighted by molar-refractivity contribution is 7.92. The van der Waals surface area contributed by atoms with Gasteiger partial charge in [-0.05, 0) is 37.5 Å². The number of nitrogens with zero attached hydrogens (tertiary/aromatic N) is 3. The summed E-state index contributed by atoms with van der Waals surface area (Å²) in [4.78, 5) is 25.2. The average molecular weight is 403 g/mol. The summed E-state index contributed by atoms with van der Waals surface area (Å²) in [5.41, 5.74) is 2.22. The Hall–Kier alpha value is -2.94. The van der Waals surface area contributed by atoms with Crippen LogP contribution in [0, 0.1) is 17.0 Å². The van der Waals surface area contributed by atoms with Gasteiger partial charge in [0.15, 0.2) is 0 Å². The molecule has 1 aliphatic rings. The van der Waals surface area contributed by atoms with E-state index in [9.17, 15) is 23.3 Å². The number of non-ortho nitro benzene ring substituents is 1. The molecule has 148 valence electrons. The number of para-hydroxylation sites is 1. The molecule has 1 aliphatic heterocycles. The summed E-state index contributed by atoms with van der Waals surface area (Å²) < 4.78 is 25.8. The highest BCUT2D eigenvalue weighted by Crippen LogP contribution is 2.33. The third kappa shape index (κ3) is 3.70. The Bertz CT molecular complexity index is 1050. The predicted molar refractivity (Wildman–Crippen MR) is 107 cm³/mol. The summed E-state index contributed by atoms with van der Waals surface area (Å²) in [6, 6.07) is 11.4. The van der Waals surface area contributed by atoms with Gasteiger partial charge in [0.1, 0.15) is 6.54 Å². The highest BCUT2D eigenvalue weighted by atomic mass is 32.2. The fourth-order valence-electron chi connectivity index (χ4n) is 3.51. The Morgan fingerprint density at radius 1 is 1.29 bits per heavy atom. The molecule has 8 nitrogen and oxygen atoms in total. The van der Waals surface area contributed by atoms with Gasteiger partial charge in [-0.1, -0.05) is 24.3 Å². The van der Waals surface area contributed by atoms with Crippen LogP contribution in [0.1, 0.15) is 18.1 Å². The van der Waals surface area contributed by atoms with Crippen molar-refractivity contribution < 1.29 is 18.1 Å². The Morgan fingerprint density at radius 3 is 2.61 bits per heavy atom. The largest absolute Gasteiger partial charge is 0.307 e. The molecule has 0 radical (unpaired) electrons. The number of amides is 1. The van der Waals surface area contributed by atoms with Crippen molar-refractivity contribution >= 4 is 33.0 Å². The molecule has 0 aliphatic carbocycles. The number of hydrogen-bond donors (Lipinski definition) is 0. The van der Waals surface area contributed by atoms with E-state index in [0.717, 1.165) is 21.8 Å². The molecule has 9 heteroatoms. The number of rotatable bonds is 5. The van der Waals surface area contributed by atoms with E-state index >= 15 is 0 Å². The lowest BCUT2D eigenvalue weighted by Gasteiger charge is -2.28. The van der Waals surface area contributed by atoms with E-state index in [2.05, 4.69) is 0 Å². The van der Waals surface area contributed by atoms with Crippen LogP contribution in [-0.2, 0) is 21.2 Å². The van der Waals surface area contributed by atoms with Gasteiger partial charge in [-0.2, -0.15) is 0 Å². The first-order chi connectivity index (χ1) is 13.1. The first-order valence-corrected chi connectivity index (χ1v) is 10.6. The Kier molecular flexibility index (Phi) is 5.12. The lowest BCUT2D eigenvalue weighted by molar-refractivity contribution is -0.384. The van der Waals surface area contributed by atoms with Gasteiger partial charge in [-0.3, -0.25) is 19.2 Å². The molecule has 1 unspecified atom stereocenters. The van der Waals surface area contributed by atoms with Gasteiger partial charge in [0.05, 0.1) is 16.9 Å². The molecule has 0 N–H and O–H groups in total. The van der Waals surface area contributed by atoms with Gasteiger partial charge in [0.2, 0.25) is 15.9 Å². The highest BCUT2D eigenvalue weighted by Gasteiger charge is 2.33. The topological polar surface area (TPSA) is 101 Å². The lowest BCUT2D eigenvalue weighted by Crippen LogP contribution is -2.45. The normalized spacial score (nSPS) is 16.0. The number of benzene rings is 2. The monoisotopic (exact) mass is 403 g/mol. The number of carbonyl (C=O) groups excluding carboxylic acids is 1. The lowest BCUT2D eigenvalue weighted by atomic mass is 10.1. The minimum absolute atomic E-state index is 0.0995. The number of carbonyl (C=O) groups is 1. The van der Waals surface area contributed by atoms with E-state index in [1.807, 2.05) is 31.2 Å². The second-order valence-electron chi connectivity index (χ2n) is 6.94. The summed E-state index contributed by atoms with van der Waals surface area (Å²) >= 11 is 0. The number of hydrogen-bond acceptors (Lipinski definition) is 5. The van der Waals surface area contributed by atoms with Crippen LogP contribution < -0.4 is 9.21 Å². The number of anilines is 2. The third-order valence-electron chi connectivity index (χ3n) is 4.83. The zero-order valence-electron chi connectivity index (χ0n) is 15.8. The molecule has 0 saturated carbocycles. The van der Waals surface area contributed by atoms with Crippen molar-refractivity contribution in [3.63, 3.8) is 0 Å². The van der Waals surface area contributed by atoms with Crippen molar-refractivity contribution in [2.45, 2.75) is 26.3 Å². The van der Waals surface area contributed by atoms with Crippen LogP contribution in [0.2, 0.25) is 0 Å². The van der Waals surface area contributed by atoms with E-state index in [-0.39, 0.29) is 23.3 Å². The zero-order chi connectivity index (χ0) is 20.6. The molecule has 0 saturated heterocycles. The maximum Gasteiger partial charge on any atom is 0.271 e. The van der Waals surface area contributed by atoms with E-state index in [4.69, 9.17) is 0 Å². The molecule has 0 aromatic heterocycles. The molecular formula is C19H21N3O5S. The van der Waals surface area contributed by atoms with Gasteiger partial charge < -0.3 is 4.90 Å². The standard InChI is InChI=1S/C19H21N3O5S/c1-13-8-9-16(22(24)25)11-18(13)20(28(3,26)27)12-19(23)21-14(2)10-15-6-4-5-7-17(15)21/h4-9,11,14H,10,12H2,1-3H3. The van der Waals surface area contributed by atoms with Crippen LogP contribution in [0.5, 0.6) is 0 Å². The van der Waals surface area contributed by atoms with Crippen LogP contribution in [0.4, 0.5) is 17.1 Å². The summed E-state index contributed by atoms with van der Waals surface area (Å²) in [7, 11) is -3.84. The molecule has 28 heavy (non-hydrogen) atoms. The SMILES string of the molecule is Cc1ccc([N+](=O)[O-])cc1N(CC(=O)N1c2ccccc2CC1C)S(C)(=O)=O. The first-order valence-electron chi connectivity index (χ1n) is 8.72. The smallest absolute Gasteiger partial charge is 0.271 e. The Morgan fingerprint density at radius 2 is 1.96 bits per heavy atom. The van der Waals surface area contributed by atoms with Gasteiger partial charge in [0.25, 0.3) is 5.69 Å². The van der Waals surface area contributed by atoms with Crippen molar-refractivity contribution in [3.8, 4) is 0 Å². The Labute approximate surface area is 163 Å². The van der Waals surface area contributed by atoms with E-state index < -0.39 is 21.5 Å². The van der Waals surface area contributed by atoms with Crippen molar-refractivity contribution in [3.05, 3.63) is 63.7 Å². The molecule has 1 heterocycles. The number of sulfonamides is 1. The minimum atomic E-state index is -3.84. The van der Waals surface area contributed by atoms with E-state index in [1.54, 1.807) is 11.8 Å². The summed E-state index contributed by atoms with van der Waals surface area (Å²) in [5.74, 6) is -0.381. The van der Waals surface area contributed by atoms with Crippen LogP contribution in [-0.4, -0.2) is 38.1 Å². The number of aryl methyl sites for hydroxylation is 1. The molecular weight excluding hydrogens is 382 g/mol. The van der Waals surface area contributed by atoms with Gasteiger partial charge >= 0.3 is 0 Å². The molecule has 0 spiro atoms. The summed E-state index contributed by atoms with van der Waals surface area (Å²) in [6.45, 7) is 3.12. The maximum atomic E-state index is 13.1. The van der Waals surface area contributed by atoms with Gasteiger partial charge in [0, 0.05) is 23.9 Å². The molecule has 1 atom stereocenters. The quantitative estimate of drug-likeness (QED) is 0.564. The van der Waals surface area contributed by atoms with Gasteiger partial charge in [-0.15, -0.1) is 0 Å². The van der Waals surface area contributed by atoms with E-state index in [0.29, 0.717) is 12.0 Å². The Balaban J connectivity index is 1.99. The molecule has 1 amide bonds. The fourth-order valence-corrected chi connectivity index (χ4v) is 4.40. The third-order valence-corrected chi connectivity index (χ3v) is 5.95. The van der Waals surface area contributed by atoms with Crippen LogP contribution in [0.25, 0.3) is 0 Å². The number of fused-ring (bicyclic) bond motifs is 1. The van der Waals surface area contributed by atoms with Crippen molar-refractivity contribution in [2.75, 3.05) is 22.0 Å². The maximum absolute atomic E-state index is 13.1. The number of nitro benzene ring substituents is 1. The van der Waals surface area contributed by atoms with Crippen molar-refractivity contribution in [1.29, 1.82) is 0 Å². The second kappa shape index (κ2) is 7.23. The average Bonchev–Trinajstić information content (AvgIpc) is 2.94. The summed E-state index contributed by atoms with van der Waals surface area (Å²) in [5, 5.41) is 11.1. The number of nitro groups is 1. The molecule has 2 aromatic carbocycles.